The maximum Gasteiger partial charge on any atom is 0.0899 e. The average Bonchev–Trinajstić information content (AvgIpc) is 2.69. The second-order valence-electron chi connectivity index (χ2n) is 5.37. The molecule has 1 saturated carbocycles. The van der Waals surface area contributed by atoms with E-state index in [0.717, 1.165) is 6.42 Å². The Morgan fingerprint density at radius 2 is 1.76 bits per heavy atom. The Hall–Kier alpha value is -0.160. The minimum absolute atomic E-state index is 0.266. The Kier molecular flexibility index (Phi) is 7.04. The number of rotatable bonds is 8. The molecule has 0 saturated heterocycles. The maximum absolute atomic E-state index is 9.97. The van der Waals surface area contributed by atoms with Crippen LogP contribution < -0.4 is 0 Å². The zero-order chi connectivity index (χ0) is 12.7. The first-order valence-electron chi connectivity index (χ1n) is 6.65. The van der Waals surface area contributed by atoms with Gasteiger partial charge >= 0.3 is 0 Å². The van der Waals surface area contributed by atoms with Gasteiger partial charge in [-0.3, -0.25) is 0 Å². The lowest BCUT2D eigenvalue weighted by molar-refractivity contribution is 0.0288. The molecular formula is C13H27NO3. The van der Waals surface area contributed by atoms with E-state index in [0.29, 0.717) is 25.6 Å². The molecule has 0 aliphatic heterocycles. The Labute approximate surface area is 105 Å². The van der Waals surface area contributed by atoms with Gasteiger partial charge in [0.25, 0.3) is 0 Å². The summed E-state index contributed by atoms with van der Waals surface area (Å²) < 4.78 is 4.88. The highest BCUT2D eigenvalue weighted by Crippen LogP contribution is 2.28. The van der Waals surface area contributed by atoms with E-state index in [1.54, 1.807) is 7.11 Å². The van der Waals surface area contributed by atoms with Crippen LogP contribution in [0.25, 0.3) is 0 Å². The molecule has 0 radical (unpaired) electrons. The molecule has 1 aliphatic carbocycles. The summed E-state index contributed by atoms with van der Waals surface area (Å²) in [7, 11) is 3.51. The molecule has 0 amide bonds. The van der Waals surface area contributed by atoms with Gasteiger partial charge in [0, 0.05) is 20.2 Å². The number of aliphatic hydroxyl groups excluding tert-OH is 2. The highest BCUT2D eigenvalue weighted by molar-refractivity contribution is 4.73. The van der Waals surface area contributed by atoms with E-state index in [9.17, 15) is 10.2 Å². The van der Waals surface area contributed by atoms with Crippen LogP contribution in [0.5, 0.6) is 0 Å². The van der Waals surface area contributed by atoms with E-state index < -0.39 is 6.10 Å². The molecule has 0 heterocycles. The average molecular weight is 245 g/mol. The van der Waals surface area contributed by atoms with Gasteiger partial charge < -0.3 is 19.8 Å². The van der Waals surface area contributed by atoms with Gasteiger partial charge in [-0.2, -0.15) is 0 Å². The van der Waals surface area contributed by atoms with Crippen molar-refractivity contribution in [2.45, 2.75) is 44.3 Å². The highest BCUT2D eigenvalue weighted by atomic mass is 16.5. The maximum atomic E-state index is 9.97. The van der Waals surface area contributed by atoms with Crippen molar-refractivity contribution in [1.82, 2.24) is 4.90 Å². The SMILES string of the molecule is COCC(O)CN(C)CC(O)CC1CCCC1. The van der Waals surface area contributed by atoms with Gasteiger partial charge in [0.1, 0.15) is 0 Å². The van der Waals surface area contributed by atoms with E-state index in [2.05, 4.69) is 0 Å². The molecule has 17 heavy (non-hydrogen) atoms. The largest absolute Gasteiger partial charge is 0.392 e. The van der Waals surface area contributed by atoms with E-state index in [4.69, 9.17) is 4.74 Å². The lowest BCUT2D eigenvalue weighted by Gasteiger charge is -2.24. The van der Waals surface area contributed by atoms with Gasteiger partial charge in [-0.1, -0.05) is 25.7 Å². The molecule has 0 aromatic rings. The Morgan fingerprint density at radius 3 is 2.35 bits per heavy atom. The second kappa shape index (κ2) is 8.03. The molecule has 0 bridgehead atoms. The fraction of sp³-hybridized carbons (Fsp3) is 1.00. The second-order valence-corrected chi connectivity index (χ2v) is 5.37. The molecule has 2 unspecified atom stereocenters. The summed E-state index contributed by atoms with van der Waals surface area (Å²) >= 11 is 0. The third-order valence-electron chi connectivity index (χ3n) is 3.48. The van der Waals surface area contributed by atoms with Crippen molar-refractivity contribution in [3.63, 3.8) is 0 Å². The molecule has 1 aliphatic rings. The van der Waals surface area contributed by atoms with Crippen LogP contribution in [0.1, 0.15) is 32.1 Å². The van der Waals surface area contributed by atoms with Gasteiger partial charge in [0.05, 0.1) is 18.8 Å². The van der Waals surface area contributed by atoms with Gasteiger partial charge in [-0.25, -0.2) is 0 Å². The number of nitrogens with zero attached hydrogens (tertiary/aromatic N) is 1. The molecule has 0 aromatic carbocycles. The van der Waals surface area contributed by atoms with Crippen molar-refractivity contribution >= 4 is 0 Å². The zero-order valence-corrected chi connectivity index (χ0v) is 11.1. The van der Waals surface area contributed by atoms with Crippen molar-refractivity contribution in [2.24, 2.45) is 5.92 Å². The van der Waals surface area contributed by atoms with Crippen LogP contribution >= 0.6 is 0 Å². The predicted molar refractivity (Wildman–Crippen MR) is 68.0 cm³/mol. The van der Waals surface area contributed by atoms with E-state index in [1.807, 2.05) is 11.9 Å². The first kappa shape index (κ1) is 14.9. The number of hydrogen-bond donors (Lipinski definition) is 2. The third-order valence-corrected chi connectivity index (χ3v) is 3.48. The van der Waals surface area contributed by atoms with E-state index in [1.165, 1.54) is 25.7 Å². The van der Waals surface area contributed by atoms with Crippen molar-refractivity contribution in [1.29, 1.82) is 0 Å². The van der Waals surface area contributed by atoms with Crippen LogP contribution in [-0.2, 0) is 4.74 Å². The van der Waals surface area contributed by atoms with Gasteiger partial charge in [0.2, 0.25) is 0 Å². The first-order chi connectivity index (χ1) is 8.11. The van der Waals surface area contributed by atoms with Crippen LogP contribution in [0.3, 0.4) is 0 Å². The highest BCUT2D eigenvalue weighted by Gasteiger charge is 2.20. The van der Waals surface area contributed by atoms with E-state index in [-0.39, 0.29) is 6.10 Å². The number of aliphatic hydroxyl groups is 2. The molecule has 1 fully saturated rings. The lowest BCUT2D eigenvalue weighted by Crippen LogP contribution is -2.37. The van der Waals surface area contributed by atoms with Crippen molar-refractivity contribution in [3.05, 3.63) is 0 Å². The molecule has 2 N–H and O–H groups in total. The molecule has 0 spiro atoms. The monoisotopic (exact) mass is 245 g/mol. The summed E-state index contributed by atoms with van der Waals surface area (Å²) in [5.41, 5.74) is 0. The number of ether oxygens (including phenoxy) is 1. The summed E-state index contributed by atoms with van der Waals surface area (Å²) in [6.07, 6.45) is 5.35. The quantitative estimate of drug-likeness (QED) is 0.666. The molecule has 0 aromatic heterocycles. The van der Waals surface area contributed by atoms with Crippen LogP contribution in [0, 0.1) is 5.92 Å². The summed E-state index contributed by atoms with van der Waals surface area (Å²) in [5, 5.41) is 19.5. The third kappa shape index (κ3) is 6.36. The molecular weight excluding hydrogens is 218 g/mol. The smallest absolute Gasteiger partial charge is 0.0899 e. The standard InChI is InChI=1S/C13H27NO3/c1-14(9-13(16)10-17-2)8-12(15)7-11-5-3-4-6-11/h11-13,15-16H,3-10H2,1-2H3. The zero-order valence-electron chi connectivity index (χ0n) is 11.1. The van der Waals surface area contributed by atoms with Crippen LogP contribution in [0.15, 0.2) is 0 Å². The topological polar surface area (TPSA) is 52.9 Å². The number of methoxy groups -OCH3 is 1. The Bertz CT molecular complexity index is 195. The van der Waals surface area contributed by atoms with E-state index >= 15 is 0 Å². The van der Waals surface area contributed by atoms with Crippen LogP contribution in [0.2, 0.25) is 0 Å². The number of hydrogen-bond acceptors (Lipinski definition) is 4. The molecule has 102 valence electrons. The van der Waals surface area contributed by atoms with Crippen molar-refractivity contribution in [3.8, 4) is 0 Å². The van der Waals surface area contributed by atoms with Crippen LogP contribution in [-0.4, -0.2) is 61.2 Å². The molecule has 4 nitrogen and oxygen atoms in total. The summed E-state index contributed by atoms with van der Waals surface area (Å²) in [4.78, 5) is 1.98. The fourth-order valence-corrected chi connectivity index (χ4v) is 2.74. The van der Waals surface area contributed by atoms with Gasteiger partial charge in [0.15, 0.2) is 0 Å². The van der Waals surface area contributed by atoms with Crippen molar-refractivity contribution < 1.29 is 14.9 Å². The summed E-state index contributed by atoms with van der Waals surface area (Å²) in [6.45, 7) is 1.54. The molecule has 4 heteroatoms. The Balaban J connectivity index is 2.13. The predicted octanol–water partition coefficient (Wildman–Crippen LogP) is 0.867. The fourth-order valence-electron chi connectivity index (χ4n) is 2.74. The van der Waals surface area contributed by atoms with Crippen molar-refractivity contribution in [2.75, 3.05) is 33.9 Å². The Morgan fingerprint density at radius 1 is 1.18 bits per heavy atom. The molecule has 2 atom stereocenters. The summed E-state index contributed by atoms with van der Waals surface area (Å²) in [6, 6.07) is 0. The van der Waals surface area contributed by atoms with Crippen LogP contribution in [0.4, 0.5) is 0 Å². The van der Waals surface area contributed by atoms with Gasteiger partial charge in [-0.15, -0.1) is 0 Å². The lowest BCUT2D eigenvalue weighted by atomic mass is 10.00. The molecule has 1 rings (SSSR count). The normalized spacial score (nSPS) is 21.0. The summed E-state index contributed by atoms with van der Waals surface area (Å²) in [5.74, 6) is 0.710. The minimum atomic E-state index is -0.469. The first-order valence-corrected chi connectivity index (χ1v) is 6.65. The van der Waals surface area contributed by atoms with Gasteiger partial charge in [-0.05, 0) is 19.4 Å². The minimum Gasteiger partial charge on any atom is -0.392 e. The number of likely N-dealkylation sites (N-methyl/N-ethyl adjacent to an activating group) is 1.